The Morgan fingerprint density at radius 1 is 0.935 bits per heavy atom. The van der Waals surface area contributed by atoms with Crippen LogP contribution in [0.2, 0.25) is 0 Å². The second-order valence-corrected chi connectivity index (χ2v) is 13.8. The van der Waals surface area contributed by atoms with Crippen LogP contribution in [0.4, 0.5) is 15.3 Å². The standard InChI is InChI=1S/C36H50N6O4/c1-27-22-28(2)24-29(23-27)26-46-35(45)42-16-11-32(41-15-8-30-6-4-5-7-33(30)37-34(41)44)25-36(42,12-21-43)40-13-9-31(10-14-40)39-19-17-38(3)18-20-39/h4-7,21-24,31-32H,8-20,25-26H2,1-3H3,(H,37,44)/t32-,36+/m1/s1. The maximum Gasteiger partial charge on any atom is 0.411 e. The molecule has 3 amide bonds. The maximum atomic E-state index is 14.0. The summed E-state index contributed by atoms with van der Waals surface area (Å²) >= 11 is 0. The van der Waals surface area contributed by atoms with Crippen LogP contribution in [0.15, 0.2) is 42.5 Å². The third-order valence-electron chi connectivity index (χ3n) is 10.7. The number of nitrogens with zero attached hydrogens (tertiary/aromatic N) is 5. The predicted molar refractivity (Wildman–Crippen MR) is 179 cm³/mol. The van der Waals surface area contributed by atoms with Crippen molar-refractivity contribution in [2.45, 2.75) is 76.7 Å². The fraction of sp³-hybridized carbons (Fsp3) is 0.583. The number of fused-ring (bicyclic) bond motifs is 1. The number of carbonyl (C=O) groups excluding carboxylic acids is 3. The highest BCUT2D eigenvalue weighted by Gasteiger charge is 2.52. The van der Waals surface area contributed by atoms with E-state index in [1.807, 2.05) is 54.0 Å². The molecule has 4 aliphatic heterocycles. The van der Waals surface area contributed by atoms with E-state index in [-0.39, 0.29) is 25.1 Å². The molecular formula is C36H50N6O4. The highest BCUT2D eigenvalue weighted by Crippen LogP contribution is 2.40. The number of likely N-dealkylation sites (tertiary alicyclic amines) is 2. The lowest BCUT2D eigenvalue weighted by Gasteiger charge is -2.57. The van der Waals surface area contributed by atoms with E-state index in [2.05, 4.69) is 39.2 Å². The predicted octanol–water partition coefficient (Wildman–Crippen LogP) is 4.49. The summed E-state index contributed by atoms with van der Waals surface area (Å²) in [5, 5.41) is 3.13. The minimum absolute atomic E-state index is 0.116. The van der Waals surface area contributed by atoms with Gasteiger partial charge in [0, 0.05) is 83.0 Å². The lowest BCUT2D eigenvalue weighted by Crippen LogP contribution is -2.70. The van der Waals surface area contributed by atoms with Gasteiger partial charge in [-0.05, 0) is 63.8 Å². The lowest BCUT2D eigenvalue weighted by molar-refractivity contribution is -0.128. The molecule has 46 heavy (non-hydrogen) atoms. The van der Waals surface area contributed by atoms with Gasteiger partial charge in [-0.1, -0.05) is 47.5 Å². The van der Waals surface area contributed by atoms with Crippen LogP contribution in [-0.2, 0) is 22.6 Å². The van der Waals surface area contributed by atoms with Gasteiger partial charge >= 0.3 is 12.1 Å². The highest BCUT2D eigenvalue weighted by atomic mass is 16.6. The number of urea groups is 1. The molecule has 0 saturated carbocycles. The molecule has 10 nitrogen and oxygen atoms in total. The first-order valence-electron chi connectivity index (χ1n) is 17.0. The number of piperidine rings is 2. The molecule has 0 unspecified atom stereocenters. The number of rotatable bonds is 7. The van der Waals surface area contributed by atoms with Crippen LogP contribution in [0.25, 0.3) is 0 Å². The van der Waals surface area contributed by atoms with Crippen molar-refractivity contribution in [3.8, 4) is 0 Å². The zero-order valence-electron chi connectivity index (χ0n) is 27.7. The first kappa shape index (κ1) is 32.5. The van der Waals surface area contributed by atoms with Crippen molar-refractivity contribution in [3.63, 3.8) is 0 Å². The Hall–Kier alpha value is -3.47. The number of aldehydes is 1. The average molecular weight is 631 g/mol. The molecule has 10 heteroatoms. The molecule has 0 spiro atoms. The van der Waals surface area contributed by atoms with Crippen molar-refractivity contribution in [2.75, 3.05) is 64.7 Å². The minimum atomic E-state index is -0.864. The Morgan fingerprint density at radius 3 is 2.35 bits per heavy atom. The zero-order valence-corrected chi connectivity index (χ0v) is 27.7. The summed E-state index contributed by atoms with van der Waals surface area (Å²) in [4.78, 5) is 51.3. The second-order valence-electron chi connectivity index (χ2n) is 13.8. The molecule has 4 heterocycles. The van der Waals surface area contributed by atoms with Gasteiger partial charge in [-0.2, -0.15) is 0 Å². The van der Waals surface area contributed by atoms with Crippen LogP contribution in [0, 0.1) is 13.8 Å². The number of hydrogen-bond acceptors (Lipinski definition) is 7. The molecule has 0 aliphatic carbocycles. The summed E-state index contributed by atoms with van der Waals surface area (Å²) in [5.74, 6) is 0. The van der Waals surface area contributed by atoms with Gasteiger partial charge in [0.2, 0.25) is 0 Å². The molecule has 0 aromatic heterocycles. The smallest absolute Gasteiger partial charge is 0.411 e. The summed E-state index contributed by atoms with van der Waals surface area (Å²) in [6.45, 7) is 11.2. The van der Waals surface area contributed by atoms with Crippen LogP contribution >= 0.6 is 0 Å². The van der Waals surface area contributed by atoms with E-state index in [1.54, 1.807) is 0 Å². The van der Waals surface area contributed by atoms with E-state index in [0.717, 1.165) is 92.8 Å². The Morgan fingerprint density at radius 2 is 1.63 bits per heavy atom. The van der Waals surface area contributed by atoms with Crippen LogP contribution in [0.5, 0.6) is 0 Å². The summed E-state index contributed by atoms with van der Waals surface area (Å²) < 4.78 is 6.00. The molecule has 3 saturated heterocycles. The van der Waals surface area contributed by atoms with E-state index >= 15 is 0 Å². The number of nitrogens with one attached hydrogen (secondary N) is 1. The van der Waals surface area contributed by atoms with Gasteiger partial charge in [0.05, 0.1) is 0 Å². The topological polar surface area (TPSA) is 88.7 Å². The number of piperazine rings is 1. The van der Waals surface area contributed by atoms with Crippen molar-refractivity contribution in [3.05, 3.63) is 64.7 Å². The SMILES string of the molecule is Cc1cc(C)cc(COC(=O)N2CC[C@@H](N3CCc4ccccc4NC3=O)C[C@@]2(CC=O)N2CCC(N3CCN(C)CC3)CC2)c1. The Bertz CT molecular complexity index is 1380. The zero-order chi connectivity index (χ0) is 32.3. The third kappa shape index (κ3) is 6.94. The van der Waals surface area contributed by atoms with Gasteiger partial charge in [-0.3, -0.25) is 14.7 Å². The van der Waals surface area contributed by atoms with Crippen LogP contribution < -0.4 is 5.32 Å². The van der Waals surface area contributed by atoms with Crippen molar-refractivity contribution in [2.24, 2.45) is 0 Å². The third-order valence-corrected chi connectivity index (χ3v) is 10.7. The molecule has 2 atom stereocenters. The van der Waals surface area contributed by atoms with E-state index in [1.165, 1.54) is 0 Å². The number of amides is 3. The molecule has 2 aromatic rings. The Labute approximate surface area is 273 Å². The summed E-state index contributed by atoms with van der Waals surface area (Å²) in [5.41, 5.74) is 4.32. The normalized spacial score (nSPS) is 25.5. The Kier molecular flexibility index (Phi) is 9.96. The molecular weight excluding hydrogens is 580 g/mol. The first-order valence-corrected chi connectivity index (χ1v) is 17.0. The van der Waals surface area contributed by atoms with Crippen molar-refractivity contribution >= 4 is 24.1 Å². The molecule has 1 N–H and O–H groups in total. The van der Waals surface area contributed by atoms with Crippen LogP contribution in [0.1, 0.15) is 54.4 Å². The molecule has 248 valence electrons. The summed E-state index contributed by atoms with van der Waals surface area (Å²) in [6.07, 6.45) is 4.60. The van der Waals surface area contributed by atoms with Crippen LogP contribution in [-0.4, -0.2) is 120 Å². The van der Waals surface area contributed by atoms with Crippen molar-refractivity contribution in [1.29, 1.82) is 0 Å². The van der Waals surface area contributed by atoms with Gasteiger partial charge in [-0.15, -0.1) is 0 Å². The fourth-order valence-electron chi connectivity index (χ4n) is 8.31. The number of anilines is 1. The van der Waals surface area contributed by atoms with E-state index < -0.39 is 11.8 Å². The van der Waals surface area contributed by atoms with Gasteiger partial charge in [0.1, 0.15) is 18.6 Å². The number of aryl methyl sites for hydroxylation is 2. The number of hydrogen-bond donors (Lipinski definition) is 1. The summed E-state index contributed by atoms with van der Waals surface area (Å²) in [7, 11) is 2.18. The number of ether oxygens (including phenoxy) is 1. The summed E-state index contributed by atoms with van der Waals surface area (Å²) in [6, 6.07) is 14.4. The highest BCUT2D eigenvalue weighted by molar-refractivity contribution is 5.91. The van der Waals surface area contributed by atoms with Gasteiger partial charge in [0.15, 0.2) is 0 Å². The fourth-order valence-corrected chi connectivity index (χ4v) is 8.31. The molecule has 2 aromatic carbocycles. The molecule has 3 fully saturated rings. The second kappa shape index (κ2) is 14.1. The number of carbonyl (C=O) groups is 3. The maximum absolute atomic E-state index is 14.0. The van der Waals surface area contributed by atoms with Crippen molar-refractivity contribution in [1.82, 2.24) is 24.5 Å². The molecule has 0 radical (unpaired) electrons. The quantitative estimate of drug-likeness (QED) is 0.451. The van der Waals surface area contributed by atoms with Gasteiger partial charge < -0.3 is 24.6 Å². The average Bonchev–Trinajstić information content (AvgIpc) is 3.22. The molecule has 4 aliphatic rings. The first-order chi connectivity index (χ1) is 22.3. The monoisotopic (exact) mass is 630 g/mol. The van der Waals surface area contributed by atoms with E-state index in [4.69, 9.17) is 4.74 Å². The van der Waals surface area contributed by atoms with E-state index in [0.29, 0.717) is 32.0 Å². The van der Waals surface area contributed by atoms with Crippen molar-refractivity contribution < 1.29 is 19.1 Å². The van der Waals surface area contributed by atoms with Gasteiger partial charge in [0.25, 0.3) is 0 Å². The van der Waals surface area contributed by atoms with Gasteiger partial charge in [-0.25, -0.2) is 9.59 Å². The number of likely N-dealkylation sites (N-methyl/N-ethyl adjacent to an activating group) is 1. The molecule has 0 bridgehead atoms. The molecule has 6 rings (SSSR count). The van der Waals surface area contributed by atoms with Crippen LogP contribution in [0.3, 0.4) is 0 Å². The Balaban J connectivity index is 1.24. The number of benzene rings is 2. The largest absolute Gasteiger partial charge is 0.445 e. The lowest BCUT2D eigenvalue weighted by atomic mass is 9.84. The number of para-hydroxylation sites is 1. The van der Waals surface area contributed by atoms with E-state index in [9.17, 15) is 14.4 Å². The minimum Gasteiger partial charge on any atom is -0.445 e.